The summed E-state index contributed by atoms with van der Waals surface area (Å²) in [6.45, 7) is 21.7. The van der Waals surface area contributed by atoms with Crippen molar-refractivity contribution < 1.29 is 14.1 Å². The molecule has 3 heterocycles. The number of fused-ring (bicyclic) bond motifs is 1. The van der Waals surface area contributed by atoms with Gasteiger partial charge in [0.25, 0.3) is 5.82 Å². The number of piperidine rings is 1. The maximum Gasteiger partial charge on any atom is 0.410 e. The number of aryl methyl sites for hydroxylation is 2. The molecule has 3 aromatic rings. The van der Waals surface area contributed by atoms with Crippen molar-refractivity contribution in [2.45, 2.75) is 106 Å². The summed E-state index contributed by atoms with van der Waals surface area (Å²) >= 11 is 0. The van der Waals surface area contributed by atoms with Crippen LogP contribution in [0.25, 0.3) is 22.2 Å². The van der Waals surface area contributed by atoms with Crippen LogP contribution >= 0.6 is 0 Å². The molecule has 37 heavy (non-hydrogen) atoms. The fourth-order valence-corrected chi connectivity index (χ4v) is 4.82. The molecule has 0 atom stereocenters. The monoisotopic (exact) mass is 513 g/mol. The highest BCUT2D eigenvalue weighted by atomic mass is 16.6. The number of hydrogen-bond acceptors (Lipinski definition) is 4. The van der Waals surface area contributed by atoms with E-state index in [1.165, 1.54) is 11.0 Å². The molecule has 0 bridgehead atoms. The zero-order valence-corrected chi connectivity index (χ0v) is 24.5. The van der Waals surface area contributed by atoms with Gasteiger partial charge in [0.2, 0.25) is 0 Å². The van der Waals surface area contributed by atoms with Crippen molar-refractivity contribution in [1.29, 1.82) is 0 Å². The third-order valence-corrected chi connectivity index (χ3v) is 6.42. The van der Waals surface area contributed by atoms with Gasteiger partial charge in [-0.05, 0) is 71.2 Å². The van der Waals surface area contributed by atoms with Gasteiger partial charge in [-0.3, -0.25) is 4.68 Å². The Balaban J connectivity index is 0.00000115. The van der Waals surface area contributed by atoms with Crippen molar-refractivity contribution in [2.75, 3.05) is 13.1 Å². The highest BCUT2D eigenvalue weighted by Gasteiger charge is 2.28. The number of aromatic nitrogens is 4. The topological polar surface area (TPSA) is 82.2 Å². The Morgan fingerprint density at radius 2 is 1.76 bits per heavy atom. The van der Waals surface area contributed by atoms with Gasteiger partial charge in [-0.1, -0.05) is 27.7 Å². The second-order valence-corrected chi connectivity index (χ2v) is 9.72. The van der Waals surface area contributed by atoms with Gasteiger partial charge in [0.15, 0.2) is 11.0 Å². The smallest absolute Gasteiger partial charge is 0.410 e. The van der Waals surface area contributed by atoms with E-state index >= 15 is 0 Å². The number of ether oxygens (including phenoxy) is 1. The summed E-state index contributed by atoms with van der Waals surface area (Å²) in [5, 5.41) is 4.67. The second-order valence-electron chi connectivity index (χ2n) is 9.72. The summed E-state index contributed by atoms with van der Waals surface area (Å²) in [5.41, 5.74) is 10.3. The van der Waals surface area contributed by atoms with E-state index in [2.05, 4.69) is 57.2 Å². The van der Waals surface area contributed by atoms with Crippen molar-refractivity contribution >= 4 is 17.1 Å². The average Bonchev–Trinajstić information content (AvgIpc) is 3.52. The quantitative estimate of drug-likeness (QED) is 0.430. The van der Waals surface area contributed by atoms with E-state index in [4.69, 9.17) is 10.5 Å². The molecule has 1 aliphatic heterocycles. The molecule has 1 aromatic carbocycles. The second kappa shape index (κ2) is 13.6. The summed E-state index contributed by atoms with van der Waals surface area (Å²) in [7, 11) is 0. The van der Waals surface area contributed by atoms with Crippen LogP contribution in [0.2, 0.25) is 0 Å². The SMILES string of the molecule is CC.CC.CCn1c(CN)[n+](CC)c2ccc(-c3cnn(C4CCN(C(=O)OC(C)(C)C)CC4)c3)cc21. The molecule has 1 aliphatic rings. The summed E-state index contributed by atoms with van der Waals surface area (Å²) in [6.07, 6.45) is 5.59. The molecule has 4 rings (SSSR count). The molecule has 1 amide bonds. The Kier molecular flexibility index (Phi) is 11.2. The van der Waals surface area contributed by atoms with E-state index in [0.29, 0.717) is 19.6 Å². The number of nitrogens with zero attached hydrogens (tertiary/aromatic N) is 5. The van der Waals surface area contributed by atoms with E-state index in [1.807, 2.05) is 54.7 Å². The summed E-state index contributed by atoms with van der Waals surface area (Å²) in [4.78, 5) is 14.1. The fraction of sp³-hybridized carbons (Fsp3) is 0.621. The van der Waals surface area contributed by atoms with Crippen LogP contribution in [-0.2, 0) is 24.4 Å². The predicted octanol–water partition coefficient (Wildman–Crippen LogP) is 5.92. The first-order valence-corrected chi connectivity index (χ1v) is 14.0. The first-order valence-electron chi connectivity index (χ1n) is 14.0. The minimum Gasteiger partial charge on any atom is -0.444 e. The van der Waals surface area contributed by atoms with Gasteiger partial charge in [0.1, 0.15) is 5.60 Å². The summed E-state index contributed by atoms with van der Waals surface area (Å²) in [6, 6.07) is 6.89. The van der Waals surface area contributed by atoms with Crippen LogP contribution in [0.4, 0.5) is 4.79 Å². The van der Waals surface area contributed by atoms with Crippen molar-refractivity contribution in [3.05, 3.63) is 36.4 Å². The fourth-order valence-electron chi connectivity index (χ4n) is 4.82. The molecule has 0 saturated carbocycles. The van der Waals surface area contributed by atoms with Crippen molar-refractivity contribution in [3.8, 4) is 11.1 Å². The summed E-state index contributed by atoms with van der Waals surface area (Å²) < 4.78 is 12.2. The Morgan fingerprint density at radius 1 is 1.11 bits per heavy atom. The van der Waals surface area contributed by atoms with E-state index in [1.54, 1.807) is 4.90 Å². The predicted molar refractivity (Wildman–Crippen MR) is 151 cm³/mol. The van der Waals surface area contributed by atoms with Crippen LogP contribution in [0.3, 0.4) is 0 Å². The standard InChI is InChI=1S/C25H37N6O2.2C2H6/c1-6-29-21-9-8-18(14-22(21)30(7-2)23(29)15-26)19-16-27-31(17-19)20-10-12-28(13-11-20)24(32)33-25(3,4)5;2*1-2/h8-9,14,16-17,20H,6-7,10-13,15,26H2,1-5H3;2*1-2H3/q+1;;. The molecule has 206 valence electrons. The number of carbonyl (C=O) groups excluding carboxylic acids is 1. The Morgan fingerprint density at radius 3 is 2.30 bits per heavy atom. The molecular weight excluding hydrogens is 464 g/mol. The van der Waals surface area contributed by atoms with Crippen LogP contribution < -0.4 is 10.3 Å². The maximum atomic E-state index is 12.3. The number of rotatable bonds is 5. The van der Waals surface area contributed by atoms with Crippen molar-refractivity contribution in [1.82, 2.24) is 19.2 Å². The molecule has 1 fully saturated rings. The van der Waals surface area contributed by atoms with Crippen LogP contribution in [0.5, 0.6) is 0 Å². The Labute approximate surface area is 223 Å². The number of amides is 1. The van der Waals surface area contributed by atoms with Crippen LogP contribution in [-0.4, -0.2) is 44.0 Å². The molecule has 8 heteroatoms. The lowest BCUT2D eigenvalue weighted by atomic mass is 10.1. The van der Waals surface area contributed by atoms with Gasteiger partial charge in [-0.15, -0.1) is 0 Å². The first kappa shape index (κ1) is 30.4. The molecule has 0 spiro atoms. The number of carbonyl (C=O) groups is 1. The number of imidazole rings is 1. The number of likely N-dealkylation sites (tertiary alicyclic amines) is 1. The lowest BCUT2D eigenvalue weighted by Crippen LogP contribution is -2.42. The minimum absolute atomic E-state index is 0.226. The van der Waals surface area contributed by atoms with E-state index in [0.717, 1.165) is 42.9 Å². The maximum absolute atomic E-state index is 12.3. The molecule has 2 aromatic heterocycles. The lowest BCUT2D eigenvalue weighted by Gasteiger charge is -2.33. The zero-order valence-electron chi connectivity index (χ0n) is 24.5. The highest BCUT2D eigenvalue weighted by Crippen LogP contribution is 2.28. The number of nitrogens with two attached hydrogens (primary N) is 1. The van der Waals surface area contributed by atoms with Crippen LogP contribution in [0, 0.1) is 0 Å². The molecule has 1 saturated heterocycles. The number of hydrogen-bond donors (Lipinski definition) is 1. The van der Waals surface area contributed by atoms with Crippen molar-refractivity contribution in [2.24, 2.45) is 5.73 Å². The van der Waals surface area contributed by atoms with E-state index < -0.39 is 5.60 Å². The number of benzene rings is 1. The normalized spacial score (nSPS) is 14.1. The Hall–Kier alpha value is -2.87. The van der Waals surface area contributed by atoms with Gasteiger partial charge in [0, 0.05) is 24.8 Å². The third-order valence-electron chi connectivity index (χ3n) is 6.42. The summed E-state index contributed by atoms with van der Waals surface area (Å²) in [5.74, 6) is 1.15. The first-order chi connectivity index (χ1) is 17.8. The minimum atomic E-state index is -0.467. The van der Waals surface area contributed by atoms with Crippen molar-refractivity contribution in [3.63, 3.8) is 0 Å². The molecule has 0 radical (unpaired) electrons. The van der Waals surface area contributed by atoms with E-state index in [-0.39, 0.29) is 12.1 Å². The molecule has 2 N–H and O–H groups in total. The zero-order chi connectivity index (χ0) is 27.8. The largest absolute Gasteiger partial charge is 0.444 e. The molecule has 0 unspecified atom stereocenters. The van der Waals surface area contributed by atoms with Gasteiger partial charge < -0.3 is 15.4 Å². The van der Waals surface area contributed by atoms with Gasteiger partial charge in [-0.2, -0.15) is 5.10 Å². The van der Waals surface area contributed by atoms with Crippen LogP contribution in [0.15, 0.2) is 30.6 Å². The lowest BCUT2D eigenvalue weighted by molar-refractivity contribution is -0.676. The third kappa shape index (κ3) is 6.92. The van der Waals surface area contributed by atoms with Gasteiger partial charge in [-0.25, -0.2) is 13.9 Å². The van der Waals surface area contributed by atoms with E-state index in [9.17, 15) is 4.79 Å². The van der Waals surface area contributed by atoms with Crippen LogP contribution in [0.1, 0.15) is 87.0 Å². The van der Waals surface area contributed by atoms with Gasteiger partial charge >= 0.3 is 6.09 Å². The molecular formula is C29H49N6O2+. The highest BCUT2D eigenvalue weighted by molar-refractivity contribution is 5.80. The molecule has 8 nitrogen and oxygen atoms in total. The Bertz CT molecular complexity index is 1130. The average molecular weight is 514 g/mol. The van der Waals surface area contributed by atoms with Gasteiger partial charge in [0.05, 0.1) is 31.9 Å². The molecule has 0 aliphatic carbocycles.